The summed E-state index contributed by atoms with van der Waals surface area (Å²) >= 11 is 0. The third-order valence-corrected chi connectivity index (χ3v) is 7.61. The van der Waals surface area contributed by atoms with Gasteiger partial charge in [0.05, 0.1) is 26.0 Å². The lowest BCUT2D eigenvalue weighted by Gasteiger charge is -2.46. The van der Waals surface area contributed by atoms with Crippen molar-refractivity contribution >= 4 is 11.6 Å². The first-order valence-electron chi connectivity index (χ1n) is 11.6. The van der Waals surface area contributed by atoms with Crippen LogP contribution in [0.3, 0.4) is 0 Å². The molecule has 0 aliphatic carbocycles. The largest absolute Gasteiger partial charge is 0.493 e. The van der Waals surface area contributed by atoms with E-state index in [4.69, 9.17) is 14.2 Å². The van der Waals surface area contributed by atoms with Gasteiger partial charge in [-0.15, -0.1) is 0 Å². The smallest absolute Gasteiger partial charge is 0.417 e. The number of pyridine rings is 1. The van der Waals surface area contributed by atoms with Gasteiger partial charge in [-0.05, 0) is 39.2 Å². The maximum absolute atomic E-state index is 14.5. The molecule has 2 saturated heterocycles. The van der Waals surface area contributed by atoms with Crippen molar-refractivity contribution in [2.45, 2.75) is 43.2 Å². The first-order chi connectivity index (χ1) is 17.3. The molecule has 4 atom stereocenters. The molecule has 0 unspecified atom stereocenters. The molecule has 0 spiro atoms. The fraction of sp³-hybridized carbons (Fsp3) is 0.520. The molecule has 2 fully saturated rings. The third-order valence-electron chi connectivity index (χ3n) is 7.61. The van der Waals surface area contributed by atoms with Crippen molar-refractivity contribution in [2.75, 3.05) is 39.7 Å². The lowest BCUT2D eigenvalue weighted by atomic mass is 9.77. The highest BCUT2D eigenvalue weighted by molar-refractivity contribution is 5.95. The number of alkyl halides is 3. The second-order valence-electron chi connectivity index (χ2n) is 9.78. The number of hydrogen-bond donors (Lipinski definition) is 1. The number of nitrogens with one attached hydrogen (secondary N) is 1. The molecular weight excluding hydrogens is 501 g/mol. The Morgan fingerprint density at radius 2 is 1.89 bits per heavy atom. The lowest BCUT2D eigenvalue weighted by Crippen LogP contribution is -2.57. The Hall–Kier alpha value is -2.83. The Labute approximate surface area is 210 Å². The number of carbonyl (C=O) groups excluding carboxylic acids is 1. The van der Waals surface area contributed by atoms with Crippen LogP contribution in [-0.2, 0) is 19.8 Å². The lowest BCUT2D eigenvalue weighted by molar-refractivity contribution is -0.272. The van der Waals surface area contributed by atoms with E-state index in [1.54, 1.807) is 6.07 Å². The number of anilines is 1. The number of aromatic nitrogens is 1. The van der Waals surface area contributed by atoms with E-state index in [9.17, 15) is 26.7 Å². The summed E-state index contributed by atoms with van der Waals surface area (Å²) in [6.07, 6.45) is -5.06. The predicted octanol–water partition coefficient (Wildman–Crippen LogP) is 4.23. The highest BCUT2D eigenvalue weighted by Crippen LogP contribution is 2.55. The van der Waals surface area contributed by atoms with E-state index in [2.05, 4.69) is 10.3 Å². The number of methoxy groups -OCH3 is 1. The number of hydrogen-bond acceptors (Lipinski definition) is 6. The summed E-state index contributed by atoms with van der Waals surface area (Å²) in [4.78, 5) is 19.7. The molecule has 1 aromatic carbocycles. The number of carbonyl (C=O) groups is 1. The van der Waals surface area contributed by atoms with Gasteiger partial charge in [-0.1, -0.05) is 13.0 Å². The average Bonchev–Trinajstić information content (AvgIpc) is 3.07. The summed E-state index contributed by atoms with van der Waals surface area (Å²) in [5.41, 5.74) is -2.44. The SMILES string of the molecule is COc1c([C@H]2[C@H](C(=O)Nc3ccnc(C4(N(C)C)COC4)c3)O[C@@](C)(C(F)(F)F)[C@H]2C)ccc(F)c1F. The fourth-order valence-electron chi connectivity index (χ4n) is 4.95. The molecule has 0 saturated carbocycles. The molecule has 1 aromatic heterocycles. The second-order valence-corrected chi connectivity index (χ2v) is 9.78. The Balaban J connectivity index is 1.72. The Morgan fingerprint density at radius 3 is 2.43 bits per heavy atom. The van der Waals surface area contributed by atoms with Crippen molar-refractivity contribution in [3.63, 3.8) is 0 Å². The highest BCUT2D eigenvalue weighted by atomic mass is 19.4. The third kappa shape index (κ3) is 4.34. The fourth-order valence-corrected chi connectivity index (χ4v) is 4.95. The maximum atomic E-state index is 14.5. The molecule has 1 N–H and O–H groups in total. The van der Waals surface area contributed by atoms with E-state index in [-0.39, 0.29) is 11.3 Å². The van der Waals surface area contributed by atoms with E-state index >= 15 is 0 Å². The van der Waals surface area contributed by atoms with Crippen LogP contribution in [0.25, 0.3) is 0 Å². The molecule has 1 amide bonds. The second kappa shape index (κ2) is 9.48. The van der Waals surface area contributed by atoms with Gasteiger partial charge in [0.15, 0.2) is 17.2 Å². The minimum Gasteiger partial charge on any atom is -0.493 e. The molecule has 12 heteroatoms. The molecular formula is C25H28F5N3O4. The van der Waals surface area contributed by atoms with Crippen molar-refractivity contribution < 1.29 is 41.0 Å². The van der Waals surface area contributed by atoms with Crippen LogP contribution in [0.15, 0.2) is 30.5 Å². The van der Waals surface area contributed by atoms with Gasteiger partial charge >= 0.3 is 6.18 Å². The molecule has 3 heterocycles. The molecule has 2 aliphatic rings. The maximum Gasteiger partial charge on any atom is 0.417 e. The Morgan fingerprint density at radius 1 is 1.22 bits per heavy atom. The predicted molar refractivity (Wildman–Crippen MR) is 123 cm³/mol. The molecule has 37 heavy (non-hydrogen) atoms. The van der Waals surface area contributed by atoms with Crippen LogP contribution >= 0.6 is 0 Å². The van der Waals surface area contributed by atoms with Gasteiger partial charge in [0.1, 0.15) is 11.6 Å². The van der Waals surface area contributed by atoms with Gasteiger partial charge in [0.25, 0.3) is 5.91 Å². The summed E-state index contributed by atoms with van der Waals surface area (Å²) in [7, 11) is 4.80. The van der Waals surface area contributed by atoms with Crippen LogP contribution in [0.2, 0.25) is 0 Å². The Kier molecular flexibility index (Phi) is 6.97. The van der Waals surface area contributed by atoms with Crippen LogP contribution in [0.5, 0.6) is 5.75 Å². The number of amides is 1. The first kappa shape index (κ1) is 27.2. The van der Waals surface area contributed by atoms with E-state index in [1.165, 1.54) is 19.2 Å². The topological polar surface area (TPSA) is 72.9 Å². The summed E-state index contributed by atoms with van der Waals surface area (Å²) in [5, 5.41) is 2.62. The normalized spacial score (nSPS) is 27.2. The van der Waals surface area contributed by atoms with Gasteiger partial charge in [-0.2, -0.15) is 17.6 Å². The van der Waals surface area contributed by atoms with Crippen molar-refractivity contribution in [3.05, 3.63) is 53.4 Å². The molecule has 4 rings (SSSR count). The monoisotopic (exact) mass is 529 g/mol. The number of nitrogens with zero attached hydrogens (tertiary/aromatic N) is 2. The van der Waals surface area contributed by atoms with E-state index in [1.807, 2.05) is 19.0 Å². The van der Waals surface area contributed by atoms with Gasteiger partial charge < -0.3 is 19.5 Å². The summed E-state index contributed by atoms with van der Waals surface area (Å²) in [6.45, 7) is 2.87. The molecule has 0 radical (unpaired) electrons. The van der Waals surface area contributed by atoms with Gasteiger partial charge in [-0.3, -0.25) is 14.7 Å². The van der Waals surface area contributed by atoms with Crippen LogP contribution in [0.4, 0.5) is 27.6 Å². The van der Waals surface area contributed by atoms with E-state index < -0.39 is 58.5 Å². The number of halogens is 5. The number of benzene rings is 1. The summed E-state index contributed by atoms with van der Waals surface area (Å²) in [6, 6.07) is 5.02. The molecule has 202 valence electrons. The highest BCUT2D eigenvalue weighted by Gasteiger charge is 2.66. The minimum absolute atomic E-state index is 0.101. The average molecular weight is 530 g/mol. The van der Waals surface area contributed by atoms with Gasteiger partial charge in [0, 0.05) is 29.3 Å². The molecule has 0 bridgehead atoms. The van der Waals surface area contributed by atoms with Crippen LogP contribution < -0.4 is 10.1 Å². The van der Waals surface area contributed by atoms with Crippen molar-refractivity contribution in [1.82, 2.24) is 9.88 Å². The zero-order chi connectivity index (χ0) is 27.3. The quantitative estimate of drug-likeness (QED) is 0.565. The van der Waals surface area contributed by atoms with E-state index in [0.717, 1.165) is 26.2 Å². The van der Waals surface area contributed by atoms with Crippen LogP contribution in [0, 0.1) is 17.6 Å². The number of likely N-dealkylation sites (N-methyl/N-ethyl adjacent to an activating group) is 1. The van der Waals surface area contributed by atoms with Crippen LogP contribution in [0.1, 0.15) is 31.0 Å². The number of rotatable bonds is 6. The zero-order valence-electron chi connectivity index (χ0n) is 21.0. The van der Waals surface area contributed by atoms with E-state index in [0.29, 0.717) is 18.9 Å². The summed E-state index contributed by atoms with van der Waals surface area (Å²) in [5.74, 6) is -6.69. The van der Waals surface area contributed by atoms with Gasteiger partial charge in [-0.25, -0.2) is 4.39 Å². The molecule has 7 nitrogen and oxygen atoms in total. The van der Waals surface area contributed by atoms with Crippen LogP contribution in [-0.4, -0.2) is 68.1 Å². The molecule has 2 aromatic rings. The Bertz CT molecular complexity index is 1190. The van der Waals surface area contributed by atoms with Crippen molar-refractivity contribution in [3.8, 4) is 5.75 Å². The summed E-state index contributed by atoms with van der Waals surface area (Å²) < 4.78 is 86.6. The van der Waals surface area contributed by atoms with Gasteiger partial charge in [0.2, 0.25) is 5.82 Å². The standard InChI is InChI=1S/C25H28F5N3O4/c1-13-18(15-6-7-16(26)19(27)20(15)35-5)21(37-23(13,2)25(28,29)30)22(34)32-14-8-9-31-17(10-14)24(33(3)4)11-36-12-24/h6-10,13,18,21H,11-12H2,1-5H3,(H,31,32,34)/t13-,18-,21+,23+/m0/s1. The van der Waals surface area contributed by atoms with Crippen molar-refractivity contribution in [2.24, 2.45) is 5.92 Å². The van der Waals surface area contributed by atoms with Crippen molar-refractivity contribution in [1.29, 1.82) is 0 Å². The molecule has 2 aliphatic heterocycles. The number of ether oxygens (including phenoxy) is 3. The zero-order valence-corrected chi connectivity index (χ0v) is 21.0. The minimum atomic E-state index is -4.85. The first-order valence-corrected chi connectivity index (χ1v) is 11.6.